The first-order valence-electron chi connectivity index (χ1n) is 5.29. The summed E-state index contributed by atoms with van der Waals surface area (Å²) in [6, 6.07) is 0. The monoisotopic (exact) mass is 192 g/mol. The molecule has 0 saturated carbocycles. The summed E-state index contributed by atoms with van der Waals surface area (Å²) in [5.41, 5.74) is 1.81. The van der Waals surface area contributed by atoms with Crippen LogP contribution in [-0.4, -0.2) is 15.8 Å². The first-order chi connectivity index (χ1) is 6.76. The maximum absolute atomic E-state index is 10.8. The topological polar surface area (TPSA) is 34.9 Å². The number of hydrogen-bond donors (Lipinski definition) is 0. The highest BCUT2D eigenvalue weighted by atomic mass is 16.1. The molecule has 0 aliphatic carbocycles. The average Bonchev–Trinajstić information content (AvgIpc) is 2.55. The van der Waals surface area contributed by atoms with E-state index in [0.717, 1.165) is 37.2 Å². The summed E-state index contributed by atoms with van der Waals surface area (Å²) < 4.78 is 2.23. The molecular weight excluding hydrogens is 176 g/mol. The first kappa shape index (κ1) is 9.44. The molecule has 0 aromatic carbocycles. The van der Waals surface area contributed by atoms with E-state index >= 15 is 0 Å². The Morgan fingerprint density at radius 3 is 3.07 bits per heavy atom. The van der Waals surface area contributed by atoms with Crippen molar-refractivity contribution in [2.24, 2.45) is 5.92 Å². The third-order valence-corrected chi connectivity index (χ3v) is 2.98. The number of imidazole rings is 1. The molecule has 1 aliphatic heterocycles. The average molecular weight is 192 g/mol. The molecule has 2 heterocycles. The molecule has 2 rings (SSSR count). The van der Waals surface area contributed by atoms with Crippen LogP contribution in [0.25, 0.3) is 0 Å². The highest BCUT2D eigenvalue weighted by Gasteiger charge is 2.21. The van der Waals surface area contributed by atoms with E-state index in [4.69, 9.17) is 0 Å². The van der Waals surface area contributed by atoms with Gasteiger partial charge in [0.1, 0.15) is 11.5 Å². The second-order valence-corrected chi connectivity index (χ2v) is 4.09. The van der Waals surface area contributed by atoms with E-state index in [9.17, 15) is 4.79 Å². The van der Waals surface area contributed by atoms with Gasteiger partial charge < -0.3 is 4.57 Å². The van der Waals surface area contributed by atoms with E-state index in [1.54, 1.807) is 0 Å². The van der Waals surface area contributed by atoms with E-state index in [1.807, 2.05) is 0 Å². The summed E-state index contributed by atoms with van der Waals surface area (Å²) in [5.74, 6) is 1.77. The van der Waals surface area contributed by atoms with Gasteiger partial charge in [-0.2, -0.15) is 0 Å². The fourth-order valence-electron chi connectivity index (χ4n) is 2.19. The molecule has 0 fully saturated rings. The molecular formula is C11H16N2O. The van der Waals surface area contributed by atoms with E-state index in [-0.39, 0.29) is 0 Å². The minimum atomic E-state index is 0.661. The Labute approximate surface area is 84.1 Å². The Bertz CT molecular complexity index is 354. The van der Waals surface area contributed by atoms with Gasteiger partial charge in [0.05, 0.1) is 0 Å². The fourth-order valence-corrected chi connectivity index (χ4v) is 2.19. The van der Waals surface area contributed by atoms with Gasteiger partial charge in [-0.15, -0.1) is 0 Å². The minimum Gasteiger partial charge on any atom is -0.331 e. The van der Waals surface area contributed by atoms with Gasteiger partial charge in [0.15, 0.2) is 6.29 Å². The second-order valence-electron chi connectivity index (χ2n) is 4.09. The van der Waals surface area contributed by atoms with Crippen LogP contribution in [0.5, 0.6) is 0 Å². The lowest BCUT2D eigenvalue weighted by Gasteiger charge is -2.22. The van der Waals surface area contributed by atoms with Gasteiger partial charge in [0.2, 0.25) is 0 Å². The number of nitrogens with zero attached hydrogens (tertiary/aromatic N) is 2. The van der Waals surface area contributed by atoms with Crippen LogP contribution in [0.3, 0.4) is 0 Å². The van der Waals surface area contributed by atoms with Crippen molar-refractivity contribution in [3.05, 3.63) is 17.2 Å². The molecule has 3 nitrogen and oxygen atoms in total. The minimum absolute atomic E-state index is 0.661. The normalized spacial score (nSPS) is 20.6. The van der Waals surface area contributed by atoms with Gasteiger partial charge in [-0.25, -0.2) is 4.98 Å². The molecule has 0 spiro atoms. The van der Waals surface area contributed by atoms with Crippen molar-refractivity contribution in [1.82, 2.24) is 9.55 Å². The Balaban J connectivity index is 2.47. The van der Waals surface area contributed by atoms with Crippen molar-refractivity contribution >= 4 is 6.29 Å². The maximum atomic E-state index is 10.8. The highest BCUT2D eigenvalue weighted by molar-refractivity contribution is 5.74. The lowest BCUT2D eigenvalue weighted by atomic mass is 9.99. The fraction of sp³-hybridized carbons (Fsp3) is 0.636. The van der Waals surface area contributed by atoms with Crippen LogP contribution in [-0.2, 0) is 19.4 Å². The lowest BCUT2D eigenvalue weighted by Crippen LogP contribution is -2.19. The number of carbonyl (C=O) groups is 1. The molecule has 0 amide bonds. The summed E-state index contributed by atoms with van der Waals surface area (Å²) >= 11 is 0. The van der Waals surface area contributed by atoms with E-state index in [1.165, 1.54) is 6.42 Å². The van der Waals surface area contributed by atoms with Crippen LogP contribution < -0.4 is 0 Å². The summed E-state index contributed by atoms with van der Waals surface area (Å²) in [6.45, 7) is 5.37. The van der Waals surface area contributed by atoms with E-state index in [2.05, 4.69) is 23.4 Å². The van der Waals surface area contributed by atoms with E-state index in [0.29, 0.717) is 11.6 Å². The molecule has 1 unspecified atom stereocenters. The number of fused-ring (bicyclic) bond motifs is 1. The predicted molar refractivity (Wildman–Crippen MR) is 54.5 cm³/mol. The van der Waals surface area contributed by atoms with Gasteiger partial charge in [0.25, 0.3) is 0 Å². The Morgan fingerprint density at radius 1 is 1.64 bits per heavy atom. The molecule has 14 heavy (non-hydrogen) atoms. The van der Waals surface area contributed by atoms with Crippen molar-refractivity contribution in [2.45, 2.75) is 39.7 Å². The largest absolute Gasteiger partial charge is 0.331 e. The van der Waals surface area contributed by atoms with Crippen molar-refractivity contribution in [2.75, 3.05) is 0 Å². The van der Waals surface area contributed by atoms with Crippen molar-refractivity contribution < 1.29 is 4.79 Å². The first-order valence-corrected chi connectivity index (χ1v) is 5.29. The quantitative estimate of drug-likeness (QED) is 0.670. The molecule has 0 radical (unpaired) electrons. The van der Waals surface area contributed by atoms with Crippen LogP contribution in [0.2, 0.25) is 0 Å². The number of carbonyl (C=O) groups excluding carboxylic acids is 1. The van der Waals surface area contributed by atoms with Gasteiger partial charge >= 0.3 is 0 Å². The summed E-state index contributed by atoms with van der Waals surface area (Å²) in [7, 11) is 0. The van der Waals surface area contributed by atoms with Crippen molar-refractivity contribution in [1.29, 1.82) is 0 Å². The number of rotatable bonds is 2. The van der Waals surface area contributed by atoms with Crippen LogP contribution in [0, 0.1) is 5.92 Å². The number of aromatic nitrogens is 2. The molecule has 76 valence electrons. The zero-order valence-corrected chi connectivity index (χ0v) is 8.79. The van der Waals surface area contributed by atoms with Gasteiger partial charge in [0, 0.05) is 18.7 Å². The van der Waals surface area contributed by atoms with Crippen LogP contribution in [0.15, 0.2) is 0 Å². The molecule has 1 atom stereocenters. The van der Waals surface area contributed by atoms with Crippen LogP contribution >= 0.6 is 0 Å². The number of hydrogen-bond acceptors (Lipinski definition) is 2. The molecule has 0 bridgehead atoms. The highest BCUT2D eigenvalue weighted by Crippen LogP contribution is 2.23. The third kappa shape index (κ3) is 1.37. The SMILES string of the molecule is CCc1nc(C=O)c2n1CC(C)CC2. The molecule has 1 aliphatic rings. The molecule has 1 aromatic rings. The maximum Gasteiger partial charge on any atom is 0.170 e. The molecule has 1 aromatic heterocycles. The second kappa shape index (κ2) is 3.56. The number of aryl methyl sites for hydroxylation is 1. The standard InChI is InChI=1S/C11H16N2O/c1-3-11-12-9(7-14)10-5-4-8(2)6-13(10)11/h7-8H,3-6H2,1-2H3. The molecule has 0 N–H and O–H groups in total. The Hall–Kier alpha value is -1.12. The summed E-state index contributed by atoms with van der Waals surface area (Å²) in [5, 5.41) is 0. The third-order valence-electron chi connectivity index (χ3n) is 2.98. The zero-order valence-electron chi connectivity index (χ0n) is 8.79. The Kier molecular flexibility index (Phi) is 2.40. The van der Waals surface area contributed by atoms with E-state index < -0.39 is 0 Å². The van der Waals surface area contributed by atoms with Gasteiger partial charge in [-0.05, 0) is 18.8 Å². The Morgan fingerprint density at radius 2 is 2.43 bits per heavy atom. The van der Waals surface area contributed by atoms with Crippen LogP contribution in [0.4, 0.5) is 0 Å². The van der Waals surface area contributed by atoms with Crippen molar-refractivity contribution in [3.8, 4) is 0 Å². The number of aldehydes is 1. The lowest BCUT2D eigenvalue weighted by molar-refractivity contribution is 0.111. The summed E-state index contributed by atoms with van der Waals surface area (Å²) in [4.78, 5) is 15.2. The van der Waals surface area contributed by atoms with Gasteiger partial charge in [-0.1, -0.05) is 13.8 Å². The van der Waals surface area contributed by atoms with Crippen LogP contribution in [0.1, 0.15) is 42.3 Å². The smallest absolute Gasteiger partial charge is 0.170 e. The predicted octanol–water partition coefficient (Wildman–Crippen LogP) is 1.84. The summed E-state index contributed by atoms with van der Waals surface area (Å²) in [6.07, 6.45) is 3.98. The molecule has 3 heteroatoms. The van der Waals surface area contributed by atoms with Crippen molar-refractivity contribution in [3.63, 3.8) is 0 Å². The molecule has 0 saturated heterocycles. The zero-order chi connectivity index (χ0) is 10.1. The van der Waals surface area contributed by atoms with Gasteiger partial charge in [-0.3, -0.25) is 4.79 Å².